The predicted octanol–water partition coefficient (Wildman–Crippen LogP) is 5.17. The van der Waals surface area contributed by atoms with E-state index < -0.39 is 0 Å². The molecule has 1 aliphatic carbocycles. The van der Waals surface area contributed by atoms with Gasteiger partial charge in [-0.1, -0.05) is 47.0 Å². The highest BCUT2D eigenvalue weighted by Gasteiger charge is 2.13. The van der Waals surface area contributed by atoms with E-state index in [1.165, 1.54) is 6.42 Å². The normalized spacial score (nSPS) is 19.8. The molecule has 0 aliphatic heterocycles. The monoisotopic (exact) mass is 275 g/mol. The van der Waals surface area contributed by atoms with E-state index in [0.717, 1.165) is 18.5 Å². The summed E-state index contributed by atoms with van der Waals surface area (Å²) in [7, 11) is 0. The van der Waals surface area contributed by atoms with E-state index in [0.29, 0.717) is 21.1 Å². The fourth-order valence-corrected chi connectivity index (χ4v) is 2.72. The SMILES string of the molecule is Clc1cc(Cl)c(NC2C=CCCC2)c(Cl)c1. The first-order valence-electron chi connectivity index (χ1n) is 5.24. The van der Waals surface area contributed by atoms with Crippen LogP contribution in [-0.2, 0) is 0 Å². The third-order valence-corrected chi connectivity index (χ3v) is 3.41. The zero-order chi connectivity index (χ0) is 11.5. The van der Waals surface area contributed by atoms with Crippen LogP contribution in [0.1, 0.15) is 19.3 Å². The Balaban J connectivity index is 2.20. The van der Waals surface area contributed by atoms with Crippen LogP contribution in [0, 0.1) is 0 Å². The average molecular weight is 277 g/mol. The standard InChI is InChI=1S/C12H12Cl3N/c13-8-6-10(14)12(11(15)7-8)16-9-4-2-1-3-5-9/h2,4,6-7,9,16H,1,3,5H2. The second kappa shape index (κ2) is 5.31. The van der Waals surface area contributed by atoms with Gasteiger partial charge in [-0.2, -0.15) is 0 Å². The van der Waals surface area contributed by atoms with E-state index in [9.17, 15) is 0 Å². The summed E-state index contributed by atoms with van der Waals surface area (Å²) in [6.07, 6.45) is 7.78. The van der Waals surface area contributed by atoms with Crippen molar-refractivity contribution in [2.45, 2.75) is 25.3 Å². The summed E-state index contributed by atoms with van der Waals surface area (Å²) < 4.78 is 0. The highest BCUT2D eigenvalue weighted by atomic mass is 35.5. The summed E-state index contributed by atoms with van der Waals surface area (Å²) >= 11 is 18.1. The van der Waals surface area contributed by atoms with Crippen LogP contribution in [0.3, 0.4) is 0 Å². The summed E-state index contributed by atoms with van der Waals surface area (Å²) in [6, 6.07) is 3.71. The van der Waals surface area contributed by atoms with Gasteiger partial charge >= 0.3 is 0 Å². The van der Waals surface area contributed by atoms with E-state index in [4.69, 9.17) is 34.8 Å². The molecule has 1 N–H and O–H groups in total. The van der Waals surface area contributed by atoms with Gasteiger partial charge in [0.15, 0.2) is 0 Å². The molecule has 0 bridgehead atoms. The molecule has 0 saturated heterocycles. The first-order valence-corrected chi connectivity index (χ1v) is 6.38. The topological polar surface area (TPSA) is 12.0 Å². The van der Waals surface area contributed by atoms with Gasteiger partial charge in [-0.05, 0) is 31.4 Å². The number of benzene rings is 1. The Morgan fingerprint density at radius 1 is 1.12 bits per heavy atom. The first-order chi connectivity index (χ1) is 7.66. The highest BCUT2D eigenvalue weighted by Crippen LogP contribution is 2.34. The van der Waals surface area contributed by atoms with Crippen molar-refractivity contribution in [3.63, 3.8) is 0 Å². The van der Waals surface area contributed by atoms with Crippen molar-refractivity contribution in [1.82, 2.24) is 0 Å². The van der Waals surface area contributed by atoms with Crippen LogP contribution in [-0.4, -0.2) is 6.04 Å². The lowest BCUT2D eigenvalue weighted by Gasteiger charge is -2.20. The molecule has 1 aromatic rings. The van der Waals surface area contributed by atoms with Crippen LogP contribution < -0.4 is 5.32 Å². The molecule has 0 fully saturated rings. The molecular formula is C12H12Cl3N. The van der Waals surface area contributed by atoms with Gasteiger partial charge < -0.3 is 5.32 Å². The van der Waals surface area contributed by atoms with Gasteiger partial charge in [0.05, 0.1) is 15.7 Å². The molecule has 0 heterocycles. The van der Waals surface area contributed by atoms with Crippen molar-refractivity contribution in [2.24, 2.45) is 0 Å². The second-order valence-electron chi connectivity index (χ2n) is 3.85. The molecule has 16 heavy (non-hydrogen) atoms. The minimum Gasteiger partial charge on any atom is -0.376 e. The van der Waals surface area contributed by atoms with E-state index in [-0.39, 0.29) is 0 Å². The average Bonchev–Trinajstić information content (AvgIpc) is 2.25. The molecule has 0 spiro atoms. The molecule has 0 amide bonds. The van der Waals surface area contributed by atoms with Gasteiger partial charge in [0, 0.05) is 11.1 Å². The van der Waals surface area contributed by atoms with Crippen molar-refractivity contribution >= 4 is 40.5 Å². The number of allylic oxidation sites excluding steroid dienone is 1. The molecule has 1 aromatic carbocycles. The molecular weight excluding hydrogens is 264 g/mol. The molecule has 1 nitrogen and oxygen atoms in total. The van der Waals surface area contributed by atoms with Crippen LogP contribution in [0.2, 0.25) is 15.1 Å². The van der Waals surface area contributed by atoms with E-state index in [1.54, 1.807) is 12.1 Å². The summed E-state index contributed by atoms with van der Waals surface area (Å²) in [4.78, 5) is 0. The summed E-state index contributed by atoms with van der Waals surface area (Å²) in [5.41, 5.74) is 0.768. The van der Waals surface area contributed by atoms with Crippen LogP contribution in [0.4, 0.5) is 5.69 Å². The Labute approximate surface area is 110 Å². The Bertz CT molecular complexity index is 392. The first kappa shape index (κ1) is 12.1. The fourth-order valence-electron chi connectivity index (χ4n) is 1.80. The highest BCUT2D eigenvalue weighted by molar-refractivity contribution is 6.41. The second-order valence-corrected chi connectivity index (χ2v) is 5.11. The quantitative estimate of drug-likeness (QED) is 0.735. The number of hydrogen-bond acceptors (Lipinski definition) is 1. The predicted molar refractivity (Wildman–Crippen MR) is 71.9 cm³/mol. The minimum absolute atomic E-state index is 0.310. The molecule has 0 radical (unpaired) electrons. The van der Waals surface area contributed by atoms with Gasteiger partial charge in [0.25, 0.3) is 0 Å². The molecule has 0 saturated carbocycles. The third-order valence-electron chi connectivity index (χ3n) is 2.59. The van der Waals surface area contributed by atoms with Crippen LogP contribution in [0.5, 0.6) is 0 Å². The molecule has 1 aliphatic rings. The Hall–Kier alpha value is -0.370. The summed E-state index contributed by atoms with van der Waals surface area (Å²) in [6.45, 7) is 0. The Morgan fingerprint density at radius 3 is 2.38 bits per heavy atom. The van der Waals surface area contributed by atoms with Crippen LogP contribution in [0.15, 0.2) is 24.3 Å². The summed E-state index contributed by atoms with van der Waals surface area (Å²) in [5.74, 6) is 0. The van der Waals surface area contributed by atoms with Gasteiger partial charge in [0.2, 0.25) is 0 Å². The molecule has 0 aromatic heterocycles. The maximum absolute atomic E-state index is 6.10. The minimum atomic E-state index is 0.310. The zero-order valence-corrected chi connectivity index (χ0v) is 10.9. The lowest BCUT2D eigenvalue weighted by molar-refractivity contribution is 0.674. The zero-order valence-electron chi connectivity index (χ0n) is 8.64. The maximum Gasteiger partial charge on any atom is 0.0724 e. The van der Waals surface area contributed by atoms with E-state index >= 15 is 0 Å². The maximum atomic E-state index is 6.10. The van der Waals surface area contributed by atoms with Gasteiger partial charge in [-0.3, -0.25) is 0 Å². The van der Waals surface area contributed by atoms with E-state index in [1.807, 2.05) is 0 Å². The lowest BCUT2D eigenvalue weighted by atomic mass is 10.0. The third kappa shape index (κ3) is 2.85. The van der Waals surface area contributed by atoms with Crippen molar-refractivity contribution in [2.75, 3.05) is 5.32 Å². The smallest absolute Gasteiger partial charge is 0.0724 e. The number of anilines is 1. The van der Waals surface area contributed by atoms with E-state index in [2.05, 4.69) is 17.5 Å². The molecule has 4 heteroatoms. The fraction of sp³-hybridized carbons (Fsp3) is 0.333. The van der Waals surface area contributed by atoms with Gasteiger partial charge in [-0.25, -0.2) is 0 Å². The molecule has 1 unspecified atom stereocenters. The largest absolute Gasteiger partial charge is 0.376 e. The molecule has 86 valence electrons. The Morgan fingerprint density at radius 2 is 1.81 bits per heavy atom. The number of halogens is 3. The molecule has 1 atom stereocenters. The lowest BCUT2D eigenvalue weighted by Crippen LogP contribution is -2.19. The van der Waals surface area contributed by atoms with Crippen molar-refractivity contribution in [3.8, 4) is 0 Å². The van der Waals surface area contributed by atoms with Crippen molar-refractivity contribution in [1.29, 1.82) is 0 Å². The van der Waals surface area contributed by atoms with Crippen LogP contribution >= 0.6 is 34.8 Å². The van der Waals surface area contributed by atoms with Gasteiger partial charge in [0.1, 0.15) is 0 Å². The van der Waals surface area contributed by atoms with Gasteiger partial charge in [-0.15, -0.1) is 0 Å². The summed E-state index contributed by atoms with van der Waals surface area (Å²) in [5, 5.41) is 5.02. The Kier molecular flexibility index (Phi) is 4.01. The number of nitrogens with one attached hydrogen (secondary N) is 1. The number of hydrogen-bond donors (Lipinski definition) is 1. The van der Waals surface area contributed by atoms with Crippen LogP contribution in [0.25, 0.3) is 0 Å². The van der Waals surface area contributed by atoms with Crippen molar-refractivity contribution in [3.05, 3.63) is 39.4 Å². The van der Waals surface area contributed by atoms with Crippen molar-refractivity contribution < 1.29 is 0 Å². The molecule has 2 rings (SSSR count). The number of rotatable bonds is 2.